The van der Waals surface area contributed by atoms with Crippen LogP contribution in [-0.2, 0) is 17.1 Å². The summed E-state index contributed by atoms with van der Waals surface area (Å²) in [4.78, 5) is 21.6. The summed E-state index contributed by atoms with van der Waals surface area (Å²) in [6.45, 7) is 4.48. The number of hydrogen-bond acceptors (Lipinski definition) is 6. The maximum absolute atomic E-state index is 13.1. The minimum atomic E-state index is -0.289. The monoisotopic (exact) mass is 433 g/mol. The van der Waals surface area contributed by atoms with Crippen molar-refractivity contribution in [3.63, 3.8) is 0 Å². The van der Waals surface area contributed by atoms with E-state index in [9.17, 15) is 4.79 Å². The number of para-hydroxylation sites is 1. The van der Waals surface area contributed by atoms with Gasteiger partial charge in [-0.2, -0.15) is 0 Å². The van der Waals surface area contributed by atoms with Crippen molar-refractivity contribution in [2.75, 3.05) is 5.32 Å². The summed E-state index contributed by atoms with van der Waals surface area (Å²) in [5.74, 6) is 0.530. The summed E-state index contributed by atoms with van der Waals surface area (Å²) >= 11 is 1.46. The fourth-order valence-electron chi connectivity index (χ4n) is 3.11. The maximum atomic E-state index is 13.1. The van der Waals surface area contributed by atoms with Crippen molar-refractivity contribution >= 4 is 34.3 Å². The normalized spacial score (nSPS) is 11.2. The second-order valence-electron chi connectivity index (χ2n) is 7.24. The number of carbonyl (C=O) groups is 1. The van der Waals surface area contributed by atoms with Gasteiger partial charge in [-0.1, -0.05) is 42.1 Å². The van der Waals surface area contributed by atoms with Gasteiger partial charge in [0, 0.05) is 34.8 Å². The third-order valence-electron chi connectivity index (χ3n) is 4.56. The van der Waals surface area contributed by atoms with Crippen LogP contribution in [0.5, 0.6) is 0 Å². The van der Waals surface area contributed by atoms with Gasteiger partial charge >= 0.3 is 0 Å². The van der Waals surface area contributed by atoms with E-state index in [2.05, 4.69) is 15.3 Å². The van der Waals surface area contributed by atoms with Crippen LogP contribution in [0.25, 0.3) is 11.0 Å². The Kier molecular flexibility index (Phi) is 6.64. The first-order valence-corrected chi connectivity index (χ1v) is 11.0. The van der Waals surface area contributed by atoms with Gasteiger partial charge in [-0.25, -0.2) is 9.97 Å². The molecule has 158 valence electrons. The molecule has 0 saturated carbocycles. The highest BCUT2D eigenvalue weighted by atomic mass is 32.2. The third kappa shape index (κ3) is 5.31. The molecule has 2 aromatic carbocycles. The highest BCUT2D eigenvalue weighted by Crippen LogP contribution is 2.31. The van der Waals surface area contributed by atoms with Crippen molar-refractivity contribution in [1.82, 2.24) is 9.97 Å². The number of benzene rings is 2. The van der Waals surface area contributed by atoms with Gasteiger partial charge in [-0.05, 0) is 43.7 Å². The van der Waals surface area contributed by atoms with Crippen LogP contribution >= 0.6 is 11.8 Å². The zero-order chi connectivity index (χ0) is 21.6. The predicted octanol–water partition coefficient (Wildman–Crippen LogP) is 5.69. The van der Waals surface area contributed by atoms with Gasteiger partial charge in [0.05, 0.1) is 12.7 Å². The molecule has 0 fully saturated rings. The Bertz CT molecular complexity index is 1180. The highest BCUT2D eigenvalue weighted by Gasteiger charge is 2.21. The molecule has 0 spiro atoms. The van der Waals surface area contributed by atoms with Gasteiger partial charge in [0.15, 0.2) is 10.9 Å². The molecule has 0 aliphatic heterocycles. The topological polar surface area (TPSA) is 77.2 Å². The van der Waals surface area contributed by atoms with Crippen LogP contribution in [0, 0.1) is 0 Å². The van der Waals surface area contributed by atoms with E-state index in [-0.39, 0.29) is 12.0 Å². The number of hydrogen-bond donors (Lipinski definition) is 1. The molecule has 0 bridgehead atoms. The van der Waals surface area contributed by atoms with E-state index in [1.165, 1.54) is 11.8 Å². The molecule has 7 heteroatoms. The largest absolute Gasteiger partial charge is 0.451 e. The number of fused-ring (bicyclic) bond motifs is 1. The Balaban J connectivity index is 1.57. The summed E-state index contributed by atoms with van der Waals surface area (Å²) in [7, 11) is 0. The lowest BCUT2D eigenvalue weighted by Gasteiger charge is -2.10. The number of carbonyl (C=O) groups excluding carboxylic acids is 1. The lowest BCUT2D eigenvalue weighted by atomic mass is 10.1. The van der Waals surface area contributed by atoms with Crippen LogP contribution < -0.4 is 5.32 Å². The molecule has 1 N–H and O–H groups in total. The highest BCUT2D eigenvalue weighted by molar-refractivity contribution is 7.98. The van der Waals surface area contributed by atoms with Crippen LogP contribution in [0.2, 0.25) is 0 Å². The van der Waals surface area contributed by atoms with E-state index in [0.717, 1.165) is 16.5 Å². The molecule has 0 radical (unpaired) electrons. The number of nitrogens with zero attached hydrogens (tertiary/aromatic N) is 2. The number of rotatable bonds is 8. The number of furan rings is 1. The zero-order valence-electron chi connectivity index (χ0n) is 17.4. The summed E-state index contributed by atoms with van der Waals surface area (Å²) in [6.07, 6.45) is 3.54. The first kappa shape index (κ1) is 21.1. The second kappa shape index (κ2) is 9.76. The van der Waals surface area contributed by atoms with Crippen molar-refractivity contribution < 1.29 is 13.9 Å². The Morgan fingerprint density at radius 1 is 1.10 bits per heavy atom. The predicted molar refractivity (Wildman–Crippen MR) is 122 cm³/mol. The number of thioether (sulfide) groups is 1. The SMILES string of the molecule is CC(C)OCc1cccc(NC(=O)c2oc3ccccc3c2CSc2ncccn2)c1. The van der Waals surface area contributed by atoms with Crippen molar-refractivity contribution in [2.24, 2.45) is 0 Å². The minimum absolute atomic E-state index is 0.141. The fourth-order valence-corrected chi connectivity index (χ4v) is 3.94. The minimum Gasteiger partial charge on any atom is -0.451 e. The van der Waals surface area contributed by atoms with E-state index >= 15 is 0 Å². The van der Waals surface area contributed by atoms with Crippen LogP contribution in [0.3, 0.4) is 0 Å². The smallest absolute Gasteiger partial charge is 0.291 e. The van der Waals surface area contributed by atoms with Crippen LogP contribution in [0.4, 0.5) is 5.69 Å². The van der Waals surface area contributed by atoms with E-state index in [4.69, 9.17) is 9.15 Å². The van der Waals surface area contributed by atoms with E-state index in [0.29, 0.717) is 34.5 Å². The van der Waals surface area contributed by atoms with Gasteiger partial charge in [-0.3, -0.25) is 4.79 Å². The molecule has 1 amide bonds. The molecular weight excluding hydrogens is 410 g/mol. The molecule has 31 heavy (non-hydrogen) atoms. The zero-order valence-corrected chi connectivity index (χ0v) is 18.2. The van der Waals surface area contributed by atoms with Crippen molar-refractivity contribution in [2.45, 2.75) is 37.5 Å². The maximum Gasteiger partial charge on any atom is 0.291 e. The lowest BCUT2D eigenvalue weighted by Crippen LogP contribution is -2.13. The Hall–Kier alpha value is -3.16. The fraction of sp³-hybridized carbons (Fsp3) is 0.208. The van der Waals surface area contributed by atoms with Crippen LogP contribution in [0.15, 0.2) is 76.6 Å². The molecule has 0 saturated heterocycles. The van der Waals surface area contributed by atoms with E-state index < -0.39 is 0 Å². The molecule has 0 atom stereocenters. The molecule has 4 aromatic rings. The van der Waals surface area contributed by atoms with Gasteiger partial charge in [0.2, 0.25) is 0 Å². The summed E-state index contributed by atoms with van der Waals surface area (Å²) in [6, 6.07) is 17.1. The molecule has 4 rings (SSSR count). The van der Waals surface area contributed by atoms with E-state index in [1.54, 1.807) is 18.5 Å². The van der Waals surface area contributed by atoms with E-state index in [1.807, 2.05) is 62.4 Å². The summed E-state index contributed by atoms with van der Waals surface area (Å²) in [5.41, 5.74) is 3.19. The summed E-state index contributed by atoms with van der Waals surface area (Å²) < 4.78 is 11.6. The Labute approximate surface area is 185 Å². The molecule has 0 aliphatic rings. The molecule has 0 aliphatic carbocycles. The summed E-state index contributed by atoms with van der Waals surface area (Å²) in [5, 5.41) is 4.52. The van der Waals surface area contributed by atoms with Crippen molar-refractivity contribution in [3.8, 4) is 0 Å². The standard InChI is InChI=1S/C24H23N3O3S/c1-16(2)29-14-17-7-5-8-18(13-17)27-23(28)22-20(15-31-24-25-11-6-12-26-24)19-9-3-4-10-21(19)30-22/h3-13,16H,14-15H2,1-2H3,(H,27,28). The number of nitrogens with one attached hydrogen (secondary N) is 1. The molecule has 6 nitrogen and oxygen atoms in total. The number of ether oxygens (including phenoxy) is 1. The second-order valence-corrected chi connectivity index (χ2v) is 8.18. The average Bonchev–Trinajstić information content (AvgIpc) is 3.16. The quantitative estimate of drug-likeness (QED) is 0.284. The lowest BCUT2D eigenvalue weighted by molar-refractivity contribution is 0.0657. The average molecular weight is 434 g/mol. The van der Waals surface area contributed by atoms with Gasteiger partial charge < -0.3 is 14.5 Å². The van der Waals surface area contributed by atoms with Gasteiger partial charge in [0.25, 0.3) is 5.91 Å². The molecule has 2 aromatic heterocycles. The first-order chi connectivity index (χ1) is 15.1. The molecular formula is C24H23N3O3S. The van der Waals surface area contributed by atoms with Crippen molar-refractivity contribution in [1.29, 1.82) is 0 Å². The van der Waals surface area contributed by atoms with Crippen molar-refractivity contribution in [3.05, 3.63) is 83.9 Å². The third-order valence-corrected chi connectivity index (χ3v) is 5.46. The van der Waals surface area contributed by atoms with Gasteiger partial charge in [-0.15, -0.1) is 0 Å². The Morgan fingerprint density at radius 2 is 1.90 bits per heavy atom. The Morgan fingerprint density at radius 3 is 2.71 bits per heavy atom. The van der Waals surface area contributed by atoms with Crippen LogP contribution in [0.1, 0.15) is 35.5 Å². The number of amides is 1. The number of aromatic nitrogens is 2. The molecule has 2 heterocycles. The number of anilines is 1. The van der Waals surface area contributed by atoms with Gasteiger partial charge in [0.1, 0.15) is 5.58 Å². The first-order valence-electron chi connectivity index (χ1n) is 10.0. The van der Waals surface area contributed by atoms with Crippen LogP contribution in [-0.4, -0.2) is 22.0 Å². The molecule has 0 unspecified atom stereocenters.